The van der Waals surface area contributed by atoms with Crippen LogP contribution in [0.5, 0.6) is 0 Å². The van der Waals surface area contributed by atoms with Crippen molar-refractivity contribution in [3.63, 3.8) is 0 Å². The predicted molar refractivity (Wildman–Crippen MR) is 64.8 cm³/mol. The number of ketones is 1. The van der Waals surface area contributed by atoms with Crippen LogP contribution in [0.2, 0.25) is 0 Å². The average Bonchev–Trinajstić information content (AvgIpc) is 2.88. The van der Waals surface area contributed by atoms with Crippen LogP contribution < -0.4 is 0 Å². The molecule has 0 bridgehead atoms. The quantitative estimate of drug-likeness (QED) is 0.491. The minimum absolute atomic E-state index is 0.206. The van der Waals surface area contributed by atoms with Gasteiger partial charge in [-0.1, -0.05) is 12.1 Å². The van der Waals surface area contributed by atoms with Gasteiger partial charge in [-0.25, -0.2) is 0 Å². The molecule has 0 fully saturated rings. The Morgan fingerprint density at radius 3 is 2.24 bits per heavy atom. The highest BCUT2D eigenvalue weighted by Crippen LogP contribution is 2.29. The minimum Gasteiger partial charge on any atom is -0.397 e. The third-order valence-corrected chi connectivity index (χ3v) is 2.69. The molecule has 0 N–H and O–H groups in total. The molecule has 0 aliphatic heterocycles. The fourth-order valence-electron chi connectivity index (χ4n) is 1.66. The van der Waals surface area contributed by atoms with E-state index in [4.69, 9.17) is 4.42 Å². The van der Waals surface area contributed by atoms with Crippen molar-refractivity contribution in [3.05, 3.63) is 63.4 Å². The second-order valence-electron chi connectivity index (χ2n) is 4.19. The molecule has 0 amide bonds. The smallest absolute Gasteiger partial charge is 0.397 e. The summed E-state index contributed by atoms with van der Waals surface area (Å²) < 4.78 is 41.9. The molecule has 0 aliphatic rings. The van der Waals surface area contributed by atoms with Gasteiger partial charge in [0, 0.05) is 6.42 Å². The lowest BCUT2D eigenvalue weighted by atomic mass is 10.1. The monoisotopic (exact) mass is 299 g/mol. The molecule has 1 aromatic carbocycles. The highest BCUT2D eigenvalue weighted by molar-refractivity contribution is 5.95. The first-order valence-electron chi connectivity index (χ1n) is 5.71. The molecule has 110 valence electrons. The van der Waals surface area contributed by atoms with Gasteiger partial charge in [0.05, 0.1) is 11.6 Å². The molecule has 0 aliphatic carbocycles. The Morgan fingerprint density at radius 2 is 1.76 bits per heavy atom. The Labute approximate surface area is 116 Å². The molecule has 1 aromatic heterocycles. The summed E-state index contributed by atoms with van der Waals surface area (Å²) in [6.45, 7) is 0. The molecule has 0 saturated heterocycles. The van der Waals surface area contributed by atoms with Crippen molar-refractivity contribution >= 4 is 11.7 Å². The van der Waals surface area contributed by atoms with Gasteiger partial charge < -0.3 is 4.42 Å². The first kappa shape index (κ1) is 14.8. The van der Waals surface area contributed by atoms with E-state index in [-0.39, 0.29) is 12.2 Å². The van der Waals surface area contributed by atoms with Crippen LogP contribution in [0.25, 0.3) is 0 Å². The number of carbonyl (C=O) groups excluding carboxylic acids is 1. The van der Waals surface area contributed by atoms with Crippen molar-refractivity contribution < 1.29 is 27.3 Å². The molecule has 0 atom stereocenters. The van der Waals surface area contributed by atoms with Gasteiger partial charge in [0.2, 0.25) is 5.78 Å². The summed E-state index contributed by atoms with van der Waals surface area (Å²) in [5.74, 6) is -1.32. The lowest BCUT2D eigenvalue weighted by Crippen LogP contribution is -2.06. The summed E-state index contributed by atoms with van der Waals surface area (Å²) in [6, 6.07) is 6.29. The lowest BCUT2D eigenvalue weighted by Gasteiger charge is -2.06. The number of rotatable bonds is 4. The summed E-state index contributed by atoms with van der Waals surface area (Å²) in [5, 5.41) is 10.4. The first-order valence-corrected chi connectivity index (χ1v) is 5.71. The van der Waals surface area contributed by atoms with Crippen LogP contribution in [0.15, 0.2) is 40.8 Å². The minimum atomic E-state index is -4.44. The normalized spacial score (nSPS) is 11.4. The summed E-state index contributed by atoms with van der Waals surface area (Å²) >= 11 is 0. The van der Waals surface area contributed by atoms with E-state index in [1.54, 1.807) is 0 Å². The number of hydrogen-bond acceptors (Lipinski definition) is 4. The average molecular weight is 299 g/mol. The summed E-state index contributed by atoms with van der Waals surface area (Å²) in [4.78, 5) is 21.4. The largest absolute Gasteiger partial charge is 0.433 e. The number of nitrogens with zero attached hydrogens (tertiary/aromatic N) is 1. The zero-order chi connectivity index (χ0) is 15.6. The number of furan rings is 1. The number of Topliss-reactive ketones (excluding diaryl/α,β-unsaturated/α-hetero) is 1. The van der Waals surface area contributed by atoms with Crippen LogP contribution in [0, 0.1) is 10.1 Å². The summed E-state index contributed by atoms with van der Waals surface area (Å²) in [5.41, 5.74) is -0.459. The number of halogens is 3. The van der Waals surface area contributed by atoms with E-state index in [1.165, 1.54) is 12.1 Å². The maximum absolute atomic E-state index is 12.4. The van der Waals surface area contributed by atoms with E-state index in [9.17, 15) is 28.1 Å². The van der Waals surface area contributed by atoms with E-state index in [1.807, 2.05) is 0 Å². The molecule has 8 heteroatoms. The van der Waals surface area contributed by atoms with Gasteiger partial charge in [0.15, 0.2) is 5.76 Å². The summed E-state index contributed by atoms with van der Waals surface area (Å²) in [6.07, 6.45) is -4.65. The van der Waals surface area contributed by atoms with Crippen molar-refractivity contribution in [2.75, 3.05) is 0 Å². The Balaban J connectivity index is 2.10. The number of alkyl halides is 3. The fourth-order valence-corrected chi connectivity index (χ4v) is 1.66. The van der Waals surface area contributed by atoms with Crippen LogP contribution in [0.1, 0.15) is 21.7 Å². The van der Waals surface area contributed by atoms with Crippen molar-refractivity contribution in [1.29, 1.82) is 0 Å². The van der Waals surface area contributed by atoms with E-state index < -0.39 is 28.3 Å². The summed E-state index contributed by atoms with van der Waals surface area (Å²) in [7, 11) is 0. The Kier molecular flexibility index (Phi) is 3.79. The van der Waals surface area contributed by atoms with Gasteiger partial charge in [-0.15, -0.1) is 0 Å². The van der Waals surface area contributed by atoms with Crippen LogP contribution in [0.3, 0.4) is 0 Å². The van der Waals surface area contributed by atoms with Crippen molar-refractivity contribution in [3.8, 4) is 0 Å². The van der Waals surface area contributed by atoms with Crippen LogP contribution >= 0.6 is 0 Å². The number of hydrogen-bond donors (Lipinski definition) is 0. The Bertz CT molecular complexity index is 673. The Hall–Kier alpha value is -2.64. The first-order chi connectivity index (χ1) is 9.77. The molecule has 0 saturated carbocycles. The molecular weight excluding hydrogens is 291 g/mol. The third-order valence-electron chi connectivity index (χ3n) is 2.69. The lowest BCUT2D eigenvalue weighted by molar-refractivity contribution is -0.402. The van der Waals surface area contributed by atoms with Crippen LogP contribution in [0.4, 0.5) is 19.1 Å². The topological polar surface area (TPSA) is 73.3 Å². The van der Waals surface area contributed by atoms with Crippen LogP contribution in [-0.4, -0.2) is 10.7 Å². The molecule has 2 rings (SSSR count). The molecule has 0 radical (unpaired) electrons. The zero-order valence-electron chi connectivity index (χ0n) is 10.4. The fraction of sp³-hybridized carbons (Fsp3) is 0.154. The SMILES string of the molecule is O=C(Cc1ccc(C(F)(F)F)cc1)c1ccc([N+](=O)[O-])o1. The molecule has 1 heterocycles. The third kappa shape index (κ3) is 3.47. The van der Waals surface area contributed by atoms with Gasteiger partial charge in [0.1, 0.15) is 4.92 Å². The Morgan fingerprint density at radius 1 is 1.14 bits per heavy atom. The van der Waals surface area contributed by atoms with Crippen molar-refractivity contribution in [2.45, 2.75) is 12.6 Å². The second-order valence-corrected chi connectivity index (χ2v) is 4.19. The highest BCUT2D eigenvalue weighted by Gasteiger charge is 2.30. The molecule has 0 spiro atoms. The maximum Gasteiger partial charge on any atom is 0.433 e. The second kappa shape index (κ2) is 5.39. The van der Waals surface area contributed by atoms with Crippen molar-refractivity contribution in [2.24, 2.45) is 0 Å². The number of nitro groups is 1. The van der Waals surface area contributed by atoms with Gasteiger partial charge >= 0.3 is 12.1 Å². The van der Waals surface area contributed by atoms with E-state index in [0.29, 0.717) is 5.56 Å². The van der Waals surface area contributed by atoms with Gasteiger partial charge in [-0.2, -0.15) is 13.2 Å². The van der Waals surface area contributed by atoms with Crippen molar-refractivity contribution in [1.82, 2.24) is 0 Å². The van der Waals surface area contributed by atoms with E-state index in [2.05, 4.69) is 0 Å². The highest BCUT2D eigenvalue weighted by atomic mass is 19.4. The zero-order valence-corrected chi connectivity index (χ0v) is 10.4. The molecular formula is C13H8F3NO4. The van der Waals surface area contributed by atoms with E-state index >= 15 is 0 Å². The number of benzene rings is 1. The maximum atomic E-state index is 12.4. The molecule has 5 nitrogen and oxygen atoms in total. The van der Waals surface area contributed by atoms with Gasteiger partial charge in [-0.3, -0.25) is 14.9 Å². The predicted octanol–water partition coefficient (Wildman–Crippen LogP) is 3.63. The number of carbonyl (C=O) groups is 1. The molecule has 0 unspecified atom stereocenters. The molecule has 21 heavy (non-hydrogen) atoms. The van der Waals surface area contributed by atoms with Crippen LogP contribution in [-0.2, 0) is 12.6 Å². The van der Waals surface area contributed by atoms with Gasteiger partial charge in [-0.05, 0) is 23.8 Å². The molecule has 2 aromatic rings. The van der Waals surface area contributed by atoms with Gasteiger partial charge in [0.25, 0.3) is 0 Å². The standard InChI is InChI=1S/C13H8F3NO4/c14-13(15,16)9-3-1-8(2-4-9)7-10(18)11-5-6-12(21-11)17(19)20/h1-6H,7H2. The van der Waals surface area contributed by atoms with E-state index in [0.717, 1.165) is 24.3 Å².